The average molecular weight is 393 g/mol. The molecule has 0 radical (unpaired) electrons. The summed E-state index contributed by atoms with van der Waals surface area (Å²) in [6, 6.07) is 12.0. The lowest BCUT2D eigenvalue weighted by molar-refractivity contribution is -0.141. The van der Waals surface area contributed by atoms with Crippen LogP contribution >= 0.6 is 15.9 Å². The molecule has 6 heteroatoms. The lowest BCUT2D eigenvalue weighted by atomic mass is 10.1. The van der Waals surface area contributed by atoms with E-state index in [4.69, 9.17) is 14.2 Å². The number of benzene rings is 2. The third kappa shape index (κ3) is 4.83. The van der Waals surface area contributed by atoms with Gasteiger partial charge in [0.05, 0.1) is 20.6 Å². The molecule has 0 N–H and O–H groups in total. The maximum Gasteiger partial charge on any atom is 0.310 e. The van der Waals surface area contributed by atoms with Crippen LogP contribution in [-0.2, 0) is 16.0 Å². The minimum atomic E-state index is -0.479. The van der Waals surface area contributed by atoms with Gasteiger partial charge < -0.3 is 14.2 Å². The van der Waals surface area contributed by atoms with Crippen molar-refractivity contribution in [2.75, 3.05) is 20.8 Å². The van der Waals surface area contributed by atoms with E-state index in [0.717, 1.165) is 4.47 Å². The van der Waals surface area contributed by atoms with Gasteiger partial charge in [-0.25, -0.2) is 0 Å². The summed E-state index contributed by atoms with van der Waals surface area (Å²) >= 11 is 3.30. The molecular weight excluding hydrogens is 376 g/mol. The van der Waals surface area contributed by atoms with Crippen LogP contribution < -0.4 is 9.47 Å². The molecule has 0 aliphatic rings. The predicted octanol–water partition coefficient (Wildman–Crippen LogP) is 3.43. The fraction of sp³-hybridized carbons (Fsp3) is 0.222. The lowest BCUT2D eigenvalue weighted by Crippen LogP contribution is -2.15. The maximum atomic E-state index is 12.0. The second kappa shape index (κ2) is 8.49. The molecule has 0 bridgehead atoms. The second-order valence-corrected chi connectivity index (χ2v) is 5.87. The molecule has 24 heavy (non-hydrogen) atoms. The lowest BCUT2D eigenvalue weighted by Gasteiger charge is -2.09. The fourth-order valence-corrected chi connectivity index (χ4v) is 2.34. The van der Waals surface area contributed by atoms with Crippen LogP contribution in [0.5, 0.6) is 11.5 Å². The Kier molecular flexibility index (Phi) is 6.37. The summed E-state index contributed by atoms with van der Waals surface area (Å²) in [5.41, 5.74) is 1.21. The number of ketones is 1. The number of ether oxygens (including phenoxy) is 3. The molecule has 0 amide bonds. The van der Waals surface area contributed by atoms with E-state index in [1.807, 2.05) is 0 Å². The first-order chi connectivity index (χ1) is 11.5. The first-order valence-corrected chi connectivity index (χ1v) is 7.98. The molecule has 0 saturated carbocycles. The second-order valence-electron chi connectivity index (χ2n) is 4.96. The first kappa shape index (κ1) is 18.0. The van der Waals surface area contributed by atoms with Crippen LogP contribution in [0.4, 0.5) is 0 Å². The van der Waals surface area contributed by atoms with Crippen LogP contribution in [0.25, 0.3) is 0 Å². The van der Waals surface area contributed by atoms with Crippen LogP contribution in [0, 0.1) is 0 Å². The molecule has 2 aromatic carbocycles. The van der Waals surface area contributed by atoms with Crippen LogP contribution in [0.15, 0.2) is 46.9 Å². The highest BCUT2D eigenvalue weighted by molar-refractivity contribution is 9.10. The third-order valence-corrected chi connectivity index (χ3v) is 3.86. The summed E-state index contributed by atoms with van der Waals surface area (Å²) < 4.78 is 16.3. The van der Waals surface area contributed by atoms with E-state index >= 15 is 0 Å². The standard InChI is InChI=1S/C18H17BrO5/c1-22-16-8-3-12(9-17(16)23-2)10-18(21)24-11-15(20)13-4-6-14(19)7-5-13/h3-9H,10-11H2,1-2H3. The Morgan fingerprint density at radius 1 is 0.958 bits per heavy atom. The van der Waals surface area contributed by atoms with Crippen molar-refractivity contribution in [3.05, 3.63) is 58.1 Å². The highest BCUT2D eigenvalue weighted by atomic mass is 79.9. The fourth-order valence-electron chi connectivity index (χ4n) is 2.07. The molecule has 5 nitrogen and oxygen atoms in total. The number of hydrogen-bond donors (Lipinski definition) is 0. The van der Waals surface area contributed by atoms with Gasteiger partial charge in [-0.2, -0.15) is 0 Å². The molecule has 0 aliphatic heterocycles. The number of hydrogen-bond acceptors (Lipinski definition) is 5. The largest absolute Gasteiger partial charge is 0.493 e. The van der Waals surface area contributed by atoms with Crippen molar-refractivity contribution < 1.29 is 23.8 Å². The van der Waals surface area contributed by atoms with Gasteiger partial charge in [0.1, 0.15) is 0 Å². The van der Waals surface area contributed by atoms with E-state index in [1.54, 1.807) is 49.6 Å². The van der Waals surface area contributed by atoms with E-state index in [0.29, 0.717) is 22.6 Å². The van der Waals surface area contributed by atoms with Crippen molar-refractivity contribution in [1.82, 2.24) is 0 Å². The molecule has 0 fully saturated rings. The zero-order valence-electron chi connectivity index (χ0n) is 13.4. The van der Waals surface area contributed by atoms with Gasteiger partial charge in [0.15, 0.2) is 23.9 Å². The van der Waals surface area contributed by atoms with Gasteiger partial charge >= 0.3 is 5.97 Å². The zero-order chi connectivity index (χ0) is 17.5. The maximum absolute atomic E-state index is 12.0. The number of halogens is 1. The number of Topliss-reactive ketones (excluding diaryl/α,β-unsaturated/α-hetero) is 1. The summed E-state index contributed by atoms with van der Waals surface area (Å²) in [6.45, 7) is -0.284. The Hall–Kier alpha value is -2.34. The molecule has 0 unspecified atom stereocenters. The van der Waals surface area contributed by atoms with Crippen LogP contribution in [-0.4, -0.2) is 32.6 Å². The van der Waals surface area contributed by atoms with E-state index in [-0.39, 0.29) is 18.8 Å². The topological polar surface area (TPSA) is 61.8 Å². The molecule has 2 rings (SSSR count). The Balaban J connectivity index is 1.91. The summed E-state index contributed by atoms with van der Waals surface area (Å²) in [5, 5.41) is 0. The quantitative estimate of drug-likeness (QED) is 0.533. The highest BCUT2D eigenvalue weighted by Gasteiger charge is 2.12. The van der Waals surface area contributed by atoms with Crippen molar-refractivity contribution in [2.24, 2.45) is 0 Å². The number of methoxy groups -OCH3 is 2. The number of carbonyl (C=O) groups excluding carboxylic acids is 2. The minimum absolute atomic E-state index is 0.0496. The molecule has 0 aliphatic carbocycles. The van der Waals surface area contributed by atoms with Gasteiger partial charge in [0.25, 0.3) is 0 Å². The average Bonchev–Trinajstić information content (AvgIpc) is 2.60. The first-order valence-electron chi connectivity index (χ1n) is 7.18. The minimum Gasteiger partial charge on any atom is -0.493 e. The van der Waals surface area contributed by atoms with E-state index in [2.05, 4.69) is 15.9 Å². The number of rotatable bonds is 7. The molecular formula is C18H17BrO5. The molecule has 126 valence electrons. The van der Waals surface area contributed by atoms with Gasteiger partial charge in [0, 0.05) is 10.0 Å². The molecule has 0 spiro atoms. The van der Waals surface area contributed by atoms with E-state index < -0.39 is 5.97 Å². The van der Waals surface area contributed by atoms with Crippen molar-refractivity contribution >= 4 is 27.7 Å². The third-order valence-electron chi connectivity index (χ3n) is 3.33. The van der Waals surface area contributed by atoms with Crippen molar-refractivity contribution in [3.63, 3.8) is 0 Å². The van der Waals surface area contributed by atoms with Crippen LogP contribution in [0.1, 0.15) is 15.9 Å². The van der Waals surface area contributed by atoms with Crippen molar-refractivity contribution in [1.29, 1.82) is 0 Å². The van der Waals surface area contributed by atoms with Crippen molar-refractivity contribution in [2.45, 2.75) is 6.42 Å². The normalized spacial score (nSPS) is 10.1. The summed E-state index contributed by atoms with van der Waals surface area (Å²) in [7, 11) is 3.07. The Bertz CT molecular complexity index is 725. The molecule has 0 aromatic heterocycles. The summed E-state index contributed by atoms with van der Waals surface area (Å²) in [5.74, 6) is 0.393. The van der Waals surface area contributed by atoms with Gasteiger partial charge in [-0.1, -0.05) is 34.1 Å². The molecule has 0 atom stereocenters. The highest BCUT2D eigenvalue weighted by Crippen LogP contribution is 2.27. The van der Waals surface area contributed by atoms with E-state index in [1.165, 1.54) is 7.11 Å². The van der Waals surface area contributed by atoms with Crippen LogP contribution in [0.3, 0.4) is 0 Å². The van der Waals surface area contributed by atoms with Gasteiger partial charge in [-0.05, 0) is 29.8 Å². The van der Waals surface area contributed by atoms with Gasteiger partial charge in [-0.15, -0.1) is 0 Å². The molecule has 2 aromatic rings. The van der Waals surface area contributed by atoms with Crippen LogP contribution in [0.2, 0.25) is 0 Å². The molecule has 0 saturated heterocycles. The predicted molar refractivity (Wildman–Crippen MR) is 92.7 cm³/mol. The van der Waals surface area contributed by atoms with Gasteiger partial charge in [-0.3, -0.25) is 9.59 Å². The summed E-state index contributed by atoms with van der Waals surface area (Å²) in [4.78, 5) is 23.9. The number of esters is 1. The smallest absolute Gasteiger partial charge is 0.310 e. The number of carbonyl (C=O) groups is 2. The zero-order valence-corrected chi connectivity index (χ0v) is 15.0. The van der Waals surface area contributed by atoms with E-state index in [9.17, 15) is 9.59 Å². The Labute approximate surface area is 148 Å². The summed E-state index contributed by atoms with van der Waals surface area (Å²) in [6.07, 6.45) is 0.0496. The van der Waals surface area contributed by atoms with Gasteiger partial charge in [0.2, 0.25) is 0 Å². The van der Waals surface area contributed by atoms with Crippen molar-refractivity contribution in [3.8, 4) is 11.5 Å². The SMILES string of the molecule is COc1ccc(CC(=O)OCC(=O)c2ccc(Br)cc2)cc1OC. The monoisotopic (exact) mass is 392 g/mol. The Morgan fingerprint density at radius 3 is 2.25 bits per heavy atom. The molecule has 0 heterocycles. The Morgan fingerprint density at radius 2 is 1.62 bits per heavy atom.